The zero-order chi connectivity index (χ0) is 16.2. The minimum Gasteiger partial charge on any atom is -0.482 e. The highest BCUT2D eigenvalue weighted by Crippen LogP contribution is 2.19. The Bertz CT molecular complexity index is 767. The van der Waals surface area contributed by atoms with Crippen LogP contribution in [0, 0.1) is 6.92 Å². The van der Waals surface area contributed by atoms with E-state index in [9.17, 15) is 13.2 Å². The van der Waals surface area contributed by atoms with Gasteiger partial charge >= 0.3 is 5.97 Å². The Balaban J connectivity index is 2.02. The maximum atomic E-state index is 12.1. The van der Waals surface area contributed by atoms with Crippen molar-refractivity contribution in [1.29, 1.82) is 0 Å². The number of carboxylic acids is 1. The van der Waals surface area contributed by atoms with Crippen LogP contribution in [0.2, 0.25) is 0 Å². The van der Waals surface area contributed by atoms with E-state index in [0.29, 0.717) is 11.3 Å². The van der Waals surface area contributed by atoms with E-state index < -0.39 is 22.6 Å². The highest BCUT2D eigenvalue weighted by molar-refractivity contribution is 7.89. The Labute approximate surface area is 132 Å². The van der Waals surface area contributed by atoms with Gasteiger partial charge in [-0.2, -0.15) is 0 Å². The van der Waals surface area contributed by atoms with Crippen molar-refractivity contribution in [1.82, 2.24) is 4.72 Å². The first-order chi connectivity index (χ1) is 10.4. The van der Waals surface area contributed by atoms with Crippen LogP contribution in [0.15, 0.2) is 40.6 Å². The molecule has 0 saturated carbocycles. The summed E-state index contributed by atoms with van der Waals surface area (Å²) in [6.45, 7) is 1.50. The van der Waals surface area contributed by atoms with Crippen LogP contribution in [0.4, 0.5) is 0 Å². The Morgan fingerprint density at radius 1 is 1.36 bits per heavy atom. The molecule has 0 bridgehead atoms. The topological polar surface area (TPSA) is 92.7 Å². The fourth-order valence-corrected chi connectivity index (χ4v) is 3.86. The molecule has 2 N–H and O–H groups in total. The van der Waals surface area contributed by atoms with E-state index in [1.165, 1.54) is 11.3 Å². The molecule has 1 heterocycles. The third-order valence-corrected chi connectivity index (χ3v) is 5.14. The van der Waals surface area contributed by atoms with Gasteiger partial charge in [0.1, 0.15) is 5.75 Å². The fraction of sp³-hybridized carbons (Fsp3) is 0.214. The predicted octanol–water partition coefficient (Wildman–Crippen LogP) is 2.00. The van der Waals surface area contributed by atoms with Gasteiger partial charge in [0.25, 0.3) is 0 Å². The molecule has 0 atom stereocenters. The molecule has 2 aromatic rings. The maximum Gasteiger partial charge on any atom is 0.341 e. The summed E-state index contributed by atoms with van der Waals surface area (Å²) in [4.78, 5) is 11.6. The van der Waals surface area contributed by atoms with E-state index in [2.05, 4.69) is 4.72 Å². The summed E-state index contributed by atoms with van der Waals surface area (Å²) in [6.07, 6.45) is 0. The quantitative estimate of drug-likeness (QED) is 0.803. The third-order valence-electron chi connectivity index (χ3n) is 2.74. The molecular formula is C14H15NO5S2. The zero-order valence-corrected chi connectivity index (χ0v) is 13.4. The number of aryl methyl sites for hydroxylation is 1. The minimum absolute atomic E-state index is 0.0987. The fourth-order valence-electron chi connectivity index (χ4n) is 1.71. The molecule has 0 amide bonds. The summed E-state index contributed by atoms with van der Waals surface area (Å²) < 4.78 is 31.8. The number of benzene rings is 1. The number of carboxylic acid groups (broad SMARTS) is 1. The molecule has 0 unspecified atom stereocenters. The molecule has 0 radical (unpaired) electrons. The van der Waals surface area contributed by atoms with Crippen molar-refractivity contribution in [2.45, 2.75) is 18.4 Å². The molecule has 1 aromatic heterocycles. The van der Waals surface area contributed by atoms with Crippen LogP contribution in [-0.4, -0.2) is 26.1 Å². The number of sulfonamides is 1. The first kappa shape index (κ1) is 16.5. The van der Waals surface area contributed by atoms with Crippen LogP contribution in [0.5, 0.6) is 5.75 Å². The van der Waals surface area contributed by atoms with Crippen LogP contribution < -0.4 is 9.46 Å². The van der Waals surface area contributed by atoms with E-state index in [4.69, 9.17) is 9.84 Å². The second-order valence-corrected chi connectivity index (χ2v) is 7.43. The molecule has 0 spiro atoms. The van der Waals surface area contributed by atoms with Crippen molar-refractivity contribution in [3.05, 3.63) is 46.2 Å². The van der Waals surface area contributed by atoms with Gasteiger partial charge in [0, 0.05) is 16.8 Å². The Morgan fingerprint density at radius 3 is 2.77 bits per heavy atom. The molecule has 8 heteroatoms. The molecule has 0 aliphatic heterocycles. The standard InChI is InChI=1S/C14H15NO5S2/c1-10-5-13(9-21-10)22(18,19)15-7-11-3-2-4-12(6-11)20-8-14(16)17/h2-6,9,15H,7-8H2,1H3,(H,16,17). The Kier molecular flexibility index (Phi) is 5.17. The van der Waals surface area contributed by atoms with Gasteiger partial charge in [-0.1, -0.05) is 12.1 Å². The second kappa shape index (κ2) is 6.91. The van der Waals surface area contributed by atoms with Gasteiger partial charge in [-0.05, 0) is 30.7 Å². The molecule has 0 saturated heterocycles. The molecule has 0 fully saturated rings. The van der Waals surface area contributed by atoms with Gasteiger partial charge in [0.05, 0.1) is 4.90 Å². The summed E-state index contributed by atoms with van der Waals surface area (Å²) >= 11 is 1.37. The number of hydrogen-bond acceptors (Lipinski definition) is 5. The number of ether oxygens (including phenoxy) is 1. The van der Waals surface area contributed by atoms with Crippen LogP contribution in [0.1, 0.15) is 10.4 Å². The van der Waals surface area contributed by atoms with E-state index >= 15 is 0 Å². The van der Waals surface area contributed by atoms with Crippen LogP contribution >= 0.6 is 11.3 Å². The van der Waals surface area contributed by atoms with E-state index in [-0.39, 0.29) is 11.4 Å². The highest BCUT2D eigenvalue weighted by atomic mass is 32.2. The molecule has 2 rings (SSSR count). The van der Waals surface area contributed by atoms with Gasteiger partial charge in [0.2, 0.25) is 10.0 Å². The first-order valence-electron chi connectivity index (χ1n) is 6.35. The second-order valence-electron chi connectivity index (χ2n) is 4.55. The number of aliphatic carboxylic acids is 1. The van der Waals surface area contributed by atoms with Gasteiger partial charge in [0.15, 0.2) is 6.61 Å². The minimum atomic E-state index is -3.55. The van der Waals surface area contributed by atoms with Crippen molar-refractivity contribution >= 4 is 27.3 Å². The summed E-state index contributed by atoms with van der Waals surface area (Å²) in [5.41, 5.74) is 0.679. The lowest BCUT2D eigenvalue weighted by Crippen LogP contribution is -2.22. The summed E-state index contributed by atoms with van der Waals surface area (Å²) in [5.74, 6) is -0.690. The average molecular weight is 341 g/mol. The Hall–Kier alpha value is -1.90. The SMILES string of the molecule is Cc1cc(S(=O)(=O)NCc2cccc(OCC(=O)O)c2)cs1. The van der Waals surface area contributed by atoms with Gasteiger partial charge in [-0.25, -0.2) is 17.9 Å². The molecule has 22 heavy (non-hydrogen) atoms. The van der Waals surface area contributed by atoms with Crippen molar-refractivity contribution in [2.24, 2.45) is 0 Å². The molecule has 1 aromatic carbocycles. The zero-order valence-electron chi connectivity index (χ0n) is 11.8. The van der Waals surface area contributed by atoms with Crippen molar-refractivity contribution < 1.29 is 23.1 Å². The first-order valence-corrected chi connectivity index (χ1v) is 8.71. The molecular weight excluding hydrogens is 326 g/mol. The van der Waals surface area contributed by atoms with E-state index in [1.807, 2.05) is 6.92 Å². The number of nitrogens with one attached hydrogen (secondary N) is 1. The van der Waals surface area contributed by atoms with Crippen LogP contribution in [-0.2, 0) is 21.4 Å². The number of hydrogen-bond donors (Lipinski definition) is 2. The maximum absolute atomic E-state index is 12.1. The normalized spacial score (nSPS) is 11.3. The largest absolute Gasteiger partial charge is 0.482 e. The van der Waals surface area contributed by atoms with Crippen molar-refractivity contribution in [2.75, 3.05) is 6.61 Å². The van der Waals surface area contributed by atoms with E-state index in [0.717, 1.165) is 4.88 Å². The lowest BCUT2D eigenvalue weighted by Gasteiger charge is -2.08. The summed E-state index contributed by atoms with van der Waals surface area (Å²) in [5, 5.41) is 10.2. The van der Waals surface area contributed by atoms with Gasteiger partial charge < -0.3 is 9.84 Å². The predicted molar refractivity (Wildman–Crippen MR) is 82.7 cm³/mol. The monoisotopic (exact) mass is 341 g/mol. The van der Waals surface area contributed by atoms with Crippen molar-refractivity contribution in [3.8, 4) is 5.75 Å². The number of carbonyl (C=O) groups is 1. The van der Waals surface area contributed by atoms with E-state index in [1.54, 1.807) is 35.7 Å². The number of rotatable bonds is 7. The lowest BCUT2D eigenvalue weighted by molar-refractivity contribution is -0.139. The third kappa shape index (κ3) is 4.55. The van der Waals surface area contributed by atoms with Crippen molar-refractivity contribution in [3.63, 3.8) is 0 Å². The Morgan fingerprint density at radius 2 is 2.14 bits per heavy atom. The van der Waals surface area contributed by atoms with Crippen LogP contribution in [0.25, 0.3) is 0 Å². The molecule has 0 aliphatic rings. The van der Waals surface area contributed by atoms with Gasteiger partial charge in [-0.15, -0.1) is 11.3 Å². The summed E-state index contributed by atoms with van der Waals surface area (Å²) in [6, 6.07) is 8.23. The smallest absolute Gasteiger partial charge is 0.341 e. The molecule has 0 aliphatic carbocycles. The average Bonchev–Trinajstić information content (AvgIpc) is 2.91. The molecule has 118 valence electrons. The van der Waals surface area contributed by atoms with Crippen LogP contribution in [0.3, 0.4) is 0 Å². The lowest BCUT2D eigenvalue weighted by atomic mass is 10.2. The highest BCUT2D eigenvalue weighted by Gasteiger charge is 2.15. The number of thiophene rings is 1. The van der Waals surface area contributed by atoms with Gasteiger partial charge in [-0.3, -0.25) is 0 Å². The summed E-state index contributed by atoms with van der Waals surface area (Å²) in [7, 11) is -3.55. The molecule has 6 nitrogen and oxygen atoms in total.